The van der Waals surface area contributed by atoms with Crippen LogP contribution in [0.3, 0.4) is 0 Å². The van der Waals surface area contributed by atoms with E-state index in [1.54, 1.807) is 20.0 Å². The van der Waals surface area contributed by atoms with E-state index in [1.807, 2.05) is 5.38 Å². The fraction of sp³-hybridized carbons (Fsp3) is 0.500. The summed E-state index contributed by atoms with van der Waals surface area (Å²) in [5.41, 5.74) is -0.631. The summed E-state index contributed by atoms with van der Waals surface area (Å²) in [7, 11) is 0. The summed E-state index contributed by atoms with van der Waals surface area (Å²) < 4.78 is 0. The van der Waals surface area contributed by atoms with E-state index in [4.69, 9.17) is 11.6 Å². The van der Waals surface area contributed by atoms with Crippen LogP contribution in [0.25, 0.3) is 0 Å². The number of carbonyl (C=O) groups is 2. The molecule has 1 atom stereocenters. The molecule has 3 amide bonds. The van der Waals surface area contributed by atoms with E-state index in [1.165, 1.54) is 18.3 Å². The first-order valence-corrected chi connectivity index (χ1v) is 6.31. The van der Waals surface area contributed by atoms with Crippen molar-refractivity contribution < 1.29 is 9.59 Å². The number of rotatable bonds is 3. The number of carbonyl (C=O) groups excluding carboxylic acids is 2. The lowest BCUT2D eigenvalue weighted by Crippen LogP contribution is -2.49. The summed E-state index contributed by atoms with van der Waals surface area (Å²) in [4.78, 5) is 26.9. The van der Waals surface area contributed by atoms with Gasteiger partial charge in [-0.1, -0.05) is 0 Å². The number of halogens is 1. The van der Waals surface area contributed by atoms with Crippen molar-refractivity contribution in [1.82, 2.24) is 15.6 Å². The largest absolute Gasteiger partial charge is 0.326 e. The van der Waals surface area contributed by atoms with Crippen LogP contribution < -0.4 is 10.6 Å². The van der Waals surface area contributed by atoms with Gasteiger partial charge in [-0.15, -0.1) is 22.9 Å². The maximum absolute atomic E-state index is 11.5. The first kappa shape index (κ1) is 13.9. The zero-order chi connectivity index (χ0) is 13.1. The summed E-state index contributed by atoms with van der Waals surface area (Å²) in [5.74, 6) is -0.529. The molecule has 5 nitrogen and oxygen atoms in total. The van der Waals surface area contributed by atoms with Gasteiger partial charge >= 0.3 is 6.03 Å². The molecule has 0 bridgehead atoms. The molecule has 94 valence electrons. The normalized spacial score (nSPS) is 12.9. The average molecular weight is 276 g/mol. The molecule has 0 saturated carbocycles. The highest BCUT2D eigenvalue weighted by molar-refractivity contribution is 7.09. The van der Waals surface area contributed by atoms with Crippen molar-refractivity contribution in [3.63, 3.8) is 0 Å². The molecule has 2 N–H and O–H groups in total. The number of urea groups is 1. The lowest BCUT2D eigenvalue weighted by Gasteiger charge is -2.23. The van der Waals surface area contributed by atoms with Crippen LogP contribution in [0, 0.1) is 0 Å². The van der Waals surface area contributed by atoms with Gasteiger partial charge in [-0.25, -0.2) is 9.78 Å². The SMILES string of the molecule is CC(Cl)C(=O)NC(=O)NC(C)(C)c1nccs1. The highest BCUT2D eigenvalue weighted by Crippen LogP contribution is 2.21. The van der Waals surface area contributed by atoms with Gasteiger partial charge in [-0.2, -0.15) is 0 Å². The summed E-state index contributed by atoms with van der Waals surface area (Å²) >= 11 is 6.97. The van der Waals surface area contributed by atoms with Crippen LogP contribution in [-0.4, -0.2) is 22.3 Å². The molecule has 0 saturated heterocycles. The van der Waals surface area contributed by atoms with Gasteiger partial charge in [-0.05, 0) is 20.8 Å². The smallest absolute Gasteiger partial charge is 0.322 e. The van der Waals surface area contributed by atoms with E-state index in [0.29, 0.717) is 0 Å². The molecule has 0 spiro atoms. The lowest BCUT2D eigenvalue weighted by molar-refractivity contribution is -0.119. The highest BCUT2D eigenvalue weighted by atomic mass is 35.5. The van der Waals surface area contributed by atoms with Crippen LogP contribution in [0.5, 0.6) is 0 Å². The number of aromatic nitrogens is 1. The van der Waals surface area contributed by atoms with Gasteiger partial charge in [0.1, 0.15) is 10.4 Å². The Hall–Kier alpha value is -1.14. The maximum atomic E-state index is 11.5. The van der Waals surface area contributed by atoms with Gasteiger partial charge in [0.25, 0.3) is 0 Å². The Morgan fingerprint density at radius 3 is 2.65 bits per heavy atom. The molecule has 0 fully saturated rings. The number of nitrogens with one attached hydrogen (secondary N) is 2. The molecular formula is C10H14ClN3O2S. The third-order valence-electron chi connectivity index (χ3n) is 1.99. The molecule has 1 unspecified atom stereocenters. The molecule has 17 heavy (non-hydrogen) atoms. The topological polar surface area (TPSA) is 71.1 Å². The minimum absolute atomic E-state index is 0.529. The first-order valence-electron chi connectivity index (χ1n) is 5.00. The molecule has 1 heterocycles. The summed E-state index contributed by atoms with van der Waals surface area (Å²) in [6.07, 6.45) is 1.66. The standard InChI is InChI=1S/C10H14ClN3O2S/c1-6(11)7(15)13-9(16)14-10(2,3)8-12-4-5-17-8/h4-6H,1-3H3,(H2,13,14,15,16). The lowest BCUT2D eigenvalue weighted by atomic mass is 10.1. The Morgan fingerprint density at radius 1 is 1.53 bits per heavy atom. The van der Waals surface area contributed by atoms with Gasteiger partial charge in [0, 0.05) is 11.6 Å². The van der Waals surface area contributed by atoms with E-state index in [9.17, 15) is 9.59 Å². The average Bonchev–Trinajstić information content (AvgIpc) is 2.69. The summed E-state index contributed by atoms with van der Waals surface area (Å²) in [6, 6.07) is -0.581. The quantitative estimate of drug-likeness (QED) is 0.827. The van der Waals surface area contributed by atoms with Crippen LogP contribution in [0.1, 0.15) is 25.8 Å². The predicted molar refractivity (Wildman–Crippen MR) is 67.1 cm³/mol. The van der Waals surface area contributed by atoms with Crippen LogP contribution in [0.2, 0.25) is 0 Å². The van der Waals surface area contributed by atoms with Crippen molar-refractivity contribution in [3.05, 3.63) is 16.6 Å². The number of hydrogen-bond acceptors (Lipinski definition) is 4. The third-order valence-corrected chi connectivity index (χ3v) is 3.29. The number of alkyl halides is 1. The number of nitrogens with zero attached hydrogens (tertiary/aromatic N) is 1. The Bertz CT molecular complexity index is 404. The minimum Gasteiger partial charge on any atom is -0.326 e. The van der Waals surface area contributed by atoms with E-state index >= 15 is 0 Å². The predicted octanol–water partition coefficient (Wildman–Crippen LogP) is 1.83. The zero-order valence-corrected chi connectivity index (χ0v) is 11.4. The molecule has 7 heteroatoms. The van der Waals surface area contributed by atoms with Gasteiger partial charge < -0.3 is 5.32 Å². The second-order valence-electron chi connectivity index (χ2n) is 4.02. The summed E-state index contributed by atoms with van der Waals surface area (Å²) in [5, 5.41) is 6.65. The van der Waals surface area contributed by atoms with Gasteiger partial charge in [0.05, 0.1) is 5.54 Å². The van der Waals surface area contributed by atoms with Crippen LogP contribution >= 0.6 is 22.9 Å². The molecular weight excluding hydrogens is 262 g/mol. The van der Waals surface area contributed by atoms with Crippen LogP contribution in [0.4, 0.5) is 4.79 Å². The molecule has 1 aromatic rings. The fourth-order valence-corrected chi connectivity index (χ4v) is 1.88. The van der Waals surface area contributed by atoms with Crippen molar-refractivity contribution in [2.45, 2.75) is 31.7 Å². The zero-order valence-electron chi connectivity index (χ0n) is 9.78. The molecule has 0 aliphatic heterocycles. The van der Waals surface area contributed by atoms with Crippen molar-refractivity contribution in [3.8, 4) is 0 Å². The van der Waals surface area contributed by atoms with Crippen molar-refractivity contribution in [2.24, 2.45) is 0 Å². The van der Waals surface area contributed by atoms with Gasteiger partial charge in [0.2, 0.25) is 5.91 Å². The molecule has 1 rings (SSSR count). The van der Waals surface area contributed by atoms with E-state index in [2.05, 4.69) is 15.6 Å². The first-order chi connectivity index (χ1) is 7.83. The van der Waals surface area contributed by atoms with Crippen molar-refractivity contribution >= 4 is 34.9 Å². The van der Waals surface area contributed by atoms with Crippen molar-refractivity contribution in [1.29, 1.82) is 0 Å². The molecule has 1 aromatic heterocycles. The second-order valence-corrected chi connectivity index (χ2v) is 5.57. The Labute approximate surface area is 109 Å². The number of hydrogen-bond donors (Lipinski definition) is 2. The monoisotopic (exact) mass is 275 g/mol. The molecule has 0 aromatic carbocycles. The van der Waals surface area contributed by atoms with E-state index < -0.39 is 22.9 Å². The Morgan fingerprint density at radius 2 is 2.18 bits per heavy atom. The number of amides is 3. The minimum atomic E-state index is -0.747. The highest BCUT2D eigenvalue weighted by Gasteiger charge is 2.26. The fourth-order valence-electron chi connectivity index (χ4n) is 1.11. The number of imide groups is 1. The van der Waals surface area contributed by atoms with Crippen LogP contribution in [-0.2, 0) is 10.3 Å². The Balaban J connectivity index is 2.60. The second kappa shape index (κ2) is 5.46. The molecule has 0 aliphatic carbocycles. The van der Waals surface area contributed by atoms with Crippen LogP contribution in [0.15, 0.2) is 11.6 Å². The third kappa shape index (κ3) is 3.98. The van der Waals surface area contributed by atoms with E-state index in [0.717, 1.165) is 5.01 Å². The molecule has 0 radical (unpaired) electrons. The Kier molecular flexibility index (Phi) is 4.47. The van der Waals surface area contributed by atoms with E-state index in [-0.39, 0.29) is 0 Å². The summed E-state index contributed by atoms with van der Waals surface area (Å²) in [6.45, 7) is 5.11. The maximum Gasteiger partial charge on any atom is 0.322 e. The van der Waals surface area contributed by atoms with Gasteiger partial charge in [0.15, 0.2) is 0 Å². The molecule has 0 aliphatic rings. The number of thiazole rings is 1. The van der Waals surface area contributed by atoms with Gasteiger partial charge in [-0.3, -0.25) is 10.1 Å². The van der Waals surface area contributed by atoms with Crippen molar-refractivity contribution in [2.75, 3.05) is 0 Å².